The molecule has 28 heavy (non-hydrogen) atoms. The molecule has 2 aliphatic carbocycles. The second-order valence-electron chi connectivity index (χ2n) is 9.55. The van der Waals surface area contributed by atoms with Gasteiger partial charge in [-0.2, -0.15) is 0 Å². The zero-order chi connectivity index (χ0) is 19.5. The van der Waals surface area contributed by atoms with E-state index >= 15 is 0 Å². The highest BCUT2D eigenvalue weighted by Crippen LogP contribution is 2.36. The molecule has 0 aromatic heterocycles. The summed E-state index contributed by atoms with van der Waals surface area (Å²) in [6.07, 6.45) is 12.7. The lowest BCUT2D eigenvalue weighted by atomic mass is 9.75. The molecule has 4 aliphatic rings. The van der Waals surface area contributed by atoms with Gasteiger partial charge in [0.1, 0.15) is 5.78 Å². The molecule has 2 aliphatic heterocycles. The second-order valence-corrected chi connectivity index (χ2v) is 9.55. The van der Waals surface area contributed by atoms with Crippen LogP contribution >= 0.6 is 0 Å². The maximum Gasteiger partial charge on any atom is 0.222 e. The van der Waals surface area contributed by atoms with Crippen molar-refractivity contribution in [3.05, 3.63) is 0 Å². The molecule has 0 radical (unpaired) electrons. The third-order valence-corrected chi connectivity index (χ3v) is 7.89. The fourth-order valence-electron chi connectivity index (χ4n) is 6.27. The van der Waals surface area contributed by atoms with Gasteiger partial charge in [0, 0.05) is 50.9 Å². The first-order chi connectivity index (χ1) is 13.6. The van der Waals surface area contributed by atoms with E-state index < -0.39 is 0 Å². The highest BCUT2D eigenvalue weighted by molar-refractivity contribution is 5.86. The Bertz CT molecular complexity index is 605. The molecule has 2 heterocycles. The smallest absolute Gasteiger partial charge is 0.222 e. The predicted molar refractivity (Wildman–Crippen MR) is 108 cm³/mol. The number of likely N-dealkylation sites (tertiary alicyclic amines) is 2. The maximum absolute atomic E-state index is 12.8. The van der Waals surface area contributed by atoms with Crippen molar-refractivity contribution in [3.63, 3.8) is 0 Å². The molecular formula is C23H36N2O3. The molecule has 0 aromatic carbocycles. The van der Waals surface area contributed by atoms with Crippen molar-refractivity contribution in [1.29, 1.82) is 0 Å². The number of hydrogen-bond acceptors (Lipinski definition) is 3. The Balaban J connectivity index is 1.23. The van der Waals surface area contributed by atoms with Crippen LogP contribution in [0.2, 0.25) is 0 Å². The Hall–Kier alpha value is -1.39. The number of piperidine rings is 2. The van der Waals surface area contributed by atoms with Crippen molar-refractivity contribution >= 4 is 17.6 Å². The van der Waals surface area contributed by atoms with Crippen molar-refractivity contribution in [3.8, 4) is 0 Å². The Labute approximate surface area is 169 Å². The van der Waals surface area contributed by atoms with E-state index in [2.05, 4.69) is 4.90 Å². The van der Waals surface area contributed by atoms with Crippen LogP contribution in [0, 0.1) is 17.8 Å². The molecule has 4 atom stereocenters. The van der Waals surface area contributed by atoms with Crippen LogP contribution in [0.25, 0.3) is 0 Å². The first-order valence-electron chi connectivity index (χ1n) is 11.7. The van der Waals surface area contributed by atoms with Crippen LogP contribution in [-0.4, -0.2) is 53.1 Å². The SMILES string of the molecule is O=C1CCN(C(=O)CCCC(=O)N2CCC3CCCCC3C2)C2CCCCC12. The Morgan fingerprint density at radius 1 is 0.821 bits per heavy atom. The van der Waals surface area contributed by atoms with Gasteiger partial charge in [0.25, 0.3) is 0 Å². The molecule has 156 valence electrons. The van der Waals surface area contributed by atoms with Gasteiger partial charge < -0.3 is 9.80 Å². The third kappa shape index (κ3) is 4.28. The van der Waals surface area contributed by atoms with Crippen LogP contribution < -0.4 is 0 Å². The average molecular weight is 389 g/mol. The number of carbonyl (C=O) groups excluding carboxylic acids is 3. The average Bonchev–Trinajstić information content (AvgIpc) is 2.73. The Morgan fingerprint density at radius 2 is 1.54 bits per heavy atom. The fraction of sp³-hybridized carbons (Fsp3) is 0.870. The lowest BCUT2D eigenvalue weighted by Gasteiger charge is -2.43. The van der Waals surface area contributed by atoms with Crippen molar-refractivity contribution in [1.82, 2.24) is 9.80 Å². The Kier molecular flexibility index (Phi) is 6.37. The molecule has 0 aromatic rings. The highest BCUT2D eigenvalue weighted by atomic mass is 16.2. The molecule has 0 N–H and O–H groups in total. The summed E-state index contributed by atoms with van der Waals surface area (Å²) in [6, 6.07) is 0.128. The number of hydrogen-bond donors (Lipinski definition) is 0. The lowest BCUT2D eigenvalue weighted by Crippen LogP contribution is -2.53. The summed E-state index contributed by atoms with van der Waals surface area (Å²) in [5.41, 5.74) is 0. The zero-order valence-corrected chi connectivity index (χ0v) is 17.2. The van der Waals surface area contributed by atoms with Gasteiger partial charge in [-0.1, -0.05) is 32.1 Å². The highest BCUT2D eigenvalue weighted by Gasteiger charge is 2.40. The molecule has 0 bridgehead atoms. The summed E-state index contributed by atoms with van der Waals surface area (Å²) in [5, 5.41) is 0. The van der Waals surface area contributed by atoms with E-state index in [4.69, 9.17) is 0 Å². The van der Waals surface area contributed by atoms with Gasteiger partial charge in [0.05, 0.1) is 0 Å². The molecule has 4 rings (SSSR count). The second kappa shape index (κ2) is 8.96. The third-order valence-electron chi connectivity index (χ3n) is 7.89. The van der Waals surface area contributed by atoms with Crippen LogP contribution in [0.3, 0.4) is 0 Å². The molecule has 5 heteroatoms. The van der Waals surface area contributed by atoms with E-state index in [1.54, 1.807) is 0 Å². The Morgan fingerprint density at radius 3 is 2.39 bits per heavy atom. The van der Waals surface area contributed by atoms with E-state index in [-0.39, 0.29) is 23.8 Å². The van der Waals surface area contributed by atoms with E-state index in [1.165, 1.54) is 32.1 Å². The fourth-order valence-corrected chi connectivity index (χ4v) is 6.27. The maximum atomic E-state index is 12.8. The summed E-state index contributed by atoms with van der Waals surface area (Å²) in [6.45, 7) is 2.43. The van der Waals surface area contributed by atoms with E-state index in [9.17, 15) is 14.4 Å². The first kappa shape index (κ1) is 19.9. The summed E-state index contributed by atoms with van der Waals surface area (Å²) in [5.74, 6) is 2.37. The minimum atomic E-state index is 0.0740. The number of rotatable bonds is 4. The first-order valence-corrected chi connectivity index (χ1v) is 11.7. The van der Waals surface area contributed by atoms with Crippen molar-refractivity contribution < 1.29 is 14.4 Å². The summed E-state index contributed by atoms with van der Waals surface area (Å²) in [4.78, 5) is 41.7. The summed E-state index contributed by atoms with van der Waals surface area (Å²) >= 11 is 0. The molecule has 2 amide bonds. The minimum absolute atomic E-state index is 0.0740. The van der Waals surface area contributed by atoms with Crippen LogP contribution in [0.4, 0.5) is 0 Å². The van der Waals surface area contributed by atoms with Crippen LogP contribution in [-0.2, 0) is 14.4 Å². The number of nitrogens with zero attached hydrogens (tertiary/aromatic N) is 2. The van der Waals surface area contributed by atoms with Crippen molar-refractivity contribution in [2.24, 2.45) is 17.8 Å². The minimum Gasteiger partial charge on any atom is -0.342 e. The van der Waals surface area contributed by atoms with Gasteiger partial charge in [-0.25, -0.2) is 0 Å². The predicted octanol–water partition coefficient (Wildman–Crippen LogP) is 3.56. The van der Waals surface area contributed by atoms with Crippen LogP contribution in [0.15, 0.2) is 0 Å². The monoisotopic (exact) mass is 388 g/mol. The normalized spacial score (nSPS) is 33.2. The lowest BCUT2D eigenvalue weighted by molar-refractivity contribution is -0.143. The van der Waals surface area contributed by atoms with Crippen LogP contribution in [0.5, 0.6) is 0 Å². The number of fused-ring (bicyclic) bond motifs is 2. The van der Waals surface area contributed by atoms with Gasteiger partial charge in [-0.05, 0) is 43.9 Å². The topological polar surface area (TPSA) is 57.7 Å². The van der Waals surface area contributed by atoms with Gasteiger partial charge in [0.2, 0.25) is 11.8 Å². The zero-order valence-electron chi connectivity index (χ0n) is 17.2. The number of carbonyl (C=O) groups is 3. The molecule has 5 nitrogen and oxygen atoms in total. The number of Topliss-reactive ketones (excluding diaryl/α,β-unsaturated/α-hetero) is 1. The molecule has 4 fully saturated rings. The van der Waals surface area contributed by atoms with E-state index in [0.29, 0.717) is 43.9 Å². The van der Waals surface area contributed by atoms with Crippen LogP contribution in [0.1, 0.15) is 83.5 Å². The molecule has 2 saturated heterocycles. The van der Waals surface area contributed by atoms with E-state index in [0.717, 1.165) is 44.7 Å². The molecule has 0 spiro atoms. The quantitative estimate of drug-likeness (QED) is 0.740. The largest absolute Gasteiger partial charge is 0.342 e. The van der Waals surface area contributed by atoms with Crippen molar-refractivity contribution in [2.45, 2.75) is 89.5 Å². The summed E-state index contributed by atoms with van der Waals surface area (Å²) < 4.78 is 0. The van der Waals surface area contributed by atoms with Gasteiger partial charge in [-0.3, -0.25) is 14.4 Å². The molecule has 4 unspecified atom stereocenters. The van der Waals surface area contributed by atoms with Gasteiger partial charge in [0.15, 0.2) is 0 Å². The molecule has 2 saturated carbocycles. The number of amides is 2. The molecular weight excluding hydrogens is 352 g/mol. The number of ketones is 1. The summed E-state index contributed by atoms with van der Waals surface area (Å²) in [7, 11) is 0. The van der Waals surface area contributed by atoms with E-state index in [1.807, 2.05) is 4.90 Å². The standard InChI is InChI=1S/C23H36N2O3/c26-21-13-15-25(20-9-4-3-8-19(20)21)23(28)11-5-10-22(27)24-14-12-17-6-1-2-7-18(17)16-24/h17-20H,1-16H2. The van der Waals surface area contributed by atoms with Crippen molar-refractivity contribution in [2.75, 3.05) is 19.6 Å². The van der Waals surface area contributed by atoms with Gasteiger partial charge in [-0.15, -0.1) is 0 Å². The van der Waals surface area contributed by atoms with Gasteiger partial charge >= 0.3 is 0 Å².